The van der Waals surface area contributed by atoms with Crippen molar-refractivity contribution in [2.45, 2.75) is 13.8 Å². The van der Waals surface area contributed by atoms with Gasteiger partial charge in [-0.05, 0) is 38.1 Å². The van der Waals surface area contributed by atoms with Gasteiger partial charge in [-0.1, -0.05) is 11.6 Å². The van der Waals surface area contributed by atoms with Gasteiger partial charge in [0.05, 0.1) is 17.6 Å². The third-order valence-electron chi connectivity index (χ3n) is 3.26. The number of ether oxygens (including phenoxy) is 1. The number of anilines is 1. The van der Waals surface area contributed by atoms with Gasteiger partial charge in [0.1, 0.15) is 0 Å². The van der Waals surface area contributed by atoms with E-state index in [1.165, 1.54) is 7.11 Å². The van der Waals surface area contributed by atoms with Crippen LogP contribution in [0.5, 0.6) is 0 Å². The summed E-state index contributed by atoms with van der Waals surface area (Å²) in [4.78, 5) is 18.0. The van der Waals surface area contributed by atoms with E-state index in [-0.39, 0.29) is 5.69 Å². The van der Waals surface area contributed by atoms with Crippen LogP contribution >= 0.6 is 11.6 Å². The number of hydrogen-bond acceptors (Lipinski definition) is 4. The molecule has 2 rings (SSSR count). The summed E-state index contributed by atoms with van der Waals surface area (Å²) in [6.07, 6.45) is 0. The van der Waals surface area contributed by atoms with E-state index >= 15 is 0 Å². The largest absolute Gasteiger partial charge is 0.464 e. The zero-order valence-corrected chi connectivity index (χ0v) is 12.6. The lowest BCUT2D eigenvalue weighted by molar-refractivity contribution is 0.0594. The van der Waals surface area contributed by atoms with Gasteiger partial charge in [0, 0.05) is 24.2 Å². The normalized spacial score (nSPS) is 10.6. The van der Waals surface area contributed by atoms with Gasteiger partial charge in [0.15, 0.2) is 5.69 Å². The second kappa shape index (κ2) is 6.09. The Labute approximate surface area is 123 Å². The highest BCUT2D eigenvalue weighted by Gasteiger charge is 2.12. The number of carbonyl (C=O) groups excluding carboxylic acids is 1. The number of aromatic nitrogens is 1. The highest BCUT2D eigenvalue weighted by Crippen LogP contribution is 2.28. The van der Waals surface area contributed by atoms with E-state index in [0.29, 0.717) is 10.5 Å². The zero-order chi connectivity index (χ0) is 14.7. The predicted octanol–water partition coefficient (Wildman–Crippen LogP) is 3.52. The van der Waals surface area contributed by atoms with Gasteiger partial charge in [-0.3, -0.25) is 0 Å². The molecule has 0 N–H and O–H groups in total. The van der Waals surface area contributed by atoms with E-state index < -0.39 is 5.97 Å². The van der Waals surface area contributed by atoms with Gasteiger partial charge >= 0.3 is 5.97 Å². The minimum Gasteiger partial charge on any atom is -0.464 e. The first-order valence-corrected chi connectivity index (χ1v) is 6.92. The lowest BCUT2D eigenvalue weighted by atomic mass is 10.1. The lowest BCUT2D eigenvalue weighted by Crippen LogP contribution is -2.21. The molecule has 0 unspecified atom stereocenters. The Morgan fingerprint density at radius 3 is 2.60 bits per heavy atom. The number of halogens is 1. The number of hydrogen-bond donors (Lipinski definition) is 0. The molecule has 0 spiro atoms. The van der Waals surface area contributed by atoms with Gasteiger partial charge in [-0.2, -0.15) is 0 Å². The number of nitrogens with zero attached hydrogens (tertiary/aromatic N) is 2. The van der Waals surface area contributed by atoms with E-state index in [4.69, 9.17) is 11.6 Å². The first kappa shape index (κ1) is 14.6. The molecule has 0 aliphatic heterocycles. The number of pyridine rings is 1. The highest BCUT2D eigenvalue weighted by atomic mass is 35.5. The molecule has 106 valence electrons. The Kier molecular flexibility index (Phi) is 4.45. The van der Waals surface area contributed by atoms with Crippen molar-refractivity contribution in [3.8, 4) is 0 Å². The molecule has 4 nitrogen and oxygen atoms in total. The molecule has 5 heteroatoms. The summed E-state index contributed by atoms with van der Waals surface area (Å²) in [5.41, 5.74) is 2.01. The molecule has 1 heterocycles. The Morgan fingerprint density at radius 2 is 2.00 bits per heavy atom. The van der Waals surface area contributed by atoms with Crippen LogP contribution in [0.4, 0.5) is 5.69 Å². The maximum Gasteiger partial charge on any atom is 0.356 e. The maximum absolute atomic E-state index is 11.5. The molecule has 20 heavy (non-hydrogen) atoms. The van der Waals surface area contributed by atoms with Crippen LogP contribution in [0.3, 0.4) is 0 Å². The van der Waals surface area contributed by atoms with E-state index in [1.807, 2.05) is 18.2 Å². The first-order valence-electron chi connectivity index (χ1n) is 6.54. The monoisotopic (exact) mass is 292 g/mol. The van der Waals surface area contributed by atoms with E-state index in [9.17, 15) is 4.79 Å². The second-order valence-corrected chi connectivity index (χ2v) is 4.76. The Balaban J connectivity index is 2.54. The van der Waals surface area contributed by atoms with Crippen molar-refractivity contribution < 1.29 is 9.53 Å². The topological polar surface area (TPSA) is 42.4 Å². The molecule has 0 amide bonds. The summed E-state index contributed by atoms with van der Waals surface area (Å²) >= 11 is 6.26. The van der Waals surface area contributed by atoms with Crippen LogP contribution in [0.25, 0.3) is 10.9 Å². The number of fused-ring (bicyclic) bond motifs is 1. The Hall–Kier alpha value is -1.81. The van der Waals surface area contributed by atoms with Crippen LogP contribution in [0.2, 0.25) is 5.02 Å². The van der Waals surface area contributed by atoms with E-state index in [1.54, 1.807) is 6.07 Å². The van der Waals surface area contributed by atoms with Crippen LogP contribution in [0.15, 0.2) is 24.3 Å². The third-order valence-corrected chi connectivity index (χ3v) is 3.58. The summed E-state index contributed by atoms with van der Waals surface area (Å²) in [5.74, 6) is -0.485. The van der Waals surface area contributed by atoms with Crippen molar-refractivity contribution in [3.63, 3.8) is 0 Å². The summed E-state index contributed by atoms with van der Waals surface area (Å²) < 4.78 is 4.67. The number of esters is 1. The average Bonchev–Trinajstić information content (AvgIpc) is 2.48. The number of benzene rings is 1. The molecular formula is C15H17ClN2O2. The quantitative estimate of drug-likeness (QED) is 0.809. The molecule has 0 fully saturated rings. The Morgan fingerprint density at radius 1 is 1.30 bits per heavy atom. The van der Waals surface area contributed by atoms with Crippen molar-refractivity contribution in [2.24, 2.45) is 0 Å². The van der Waals surface area contributed by atoms with Crippen molar-refractivity contribution >= 4 is 34.2 Å². The van der Waals surface area contributed by atoms with Gasteiger partial charge < -0.3 is 9.64 Å². The fourth-order valence-corrected chi connectivity index (χ4v) is 2.42. The van der Waals surface area contributed by atoms with Crippen LogP contribution in [-0.4, -0.2) is 31.2 Å². The van der Waals surface area contributed by atoms with Crippen molar-refractivity contribution in [1.82, 2.24) is 4.98 Å². The summed E-state index contributed by atoms with van der Waals surface area (Å²) in [5, 5.41) is 1.34. The number of methoxy groups -OCH3 is 1. The molecule has 0 radical (unpaired) electrons. The molecule has 2 aromatic rings. The molecule has 0 atom stereocenters. The van der Waals surface area contributed by atoms with Crippen LogP contribution in [0, 0.1) is 0 Å². The minimum atomic E-state index is -0.485. The van der Waals surface area contributed by atoms with Crippen molar-refractivity contribution in [1.29, 1.82) is 0 Å². The average molecular weight is 293 g/mol. The highest BCUT2D eigenvalue weighted by molar-refractivity contribution is 6.35. The van der Waals surface area contributed by atoms with Gasteiger partial charge in [-0.25, -0.2) is 9.78 Å². The first-order chi connectivity index (χ1) is 9.60. The number of rotatable bonds is 4. The lowest BCUT2D eigenvalue weighted by Gasteiger charge is -2.21. The maximum atomic E-state index is 11.5. The van der Waals surface area contributed by atoms with Crippen LogP contribution in [-0.2, 0) is 4.74 Å². The summed E-state index contributed by atoms with van der Waals surface area (Å²) in [6, 6.07) is 7.40. The fraction of sp³-hybridized carbons (Fsp3) is 0.333. The summed E-state index contributed by atoms with van der Waals surface area (Å²) in [7, 11) is 1.32. The molecule has 0 saturated carbocycles. The summed E-state index contributed by atoms with van der Waals surface area (Å²) in [6.45, 7) is 6.06. The van der Waals surface area contributed by atoms with Gasteiger partial charge in [-0.15, -0.1) is 0 Å². The zero-order valence-electron chi connectivity index (χ0n) is 11.8. The molecular weight excluding hydrogens is 276 g/mol. The standard InChI is InChI=1S/C15H17ClN2O2/c1-4-18(5-2)10-6-7-13-11(8-10)12(16)9-14(17-13)15(19)20-3/h6-9H,4-5H2,1-3H3. The molecule has 0 bridgehead atoms. The smallest absolute Gasteiger partial charge is 0.356 e. The molecule has 0 aliphatic rings. The Bertz CT molecular complexity index is 639. The van der Waals surface area contributed by atoms with Crippen molar-refractivity contribution in [2.75, 3.05) is 25.1 Å². The number of carbonyl (C=O) groups is 1. The third kappa shape index (κ3) is 2.70. The van der Waals surface area contributed by atoms with Gasteiger partial charge in [0.2, 0.25) is 0 Å². The second-order valence-electron chi connectivity index (χ2n) is 4.35. The molecule has 1 aromatic heterocycles. The van der Waals surface area contributed by atoms with Crippen LogP contribution < -0.4 is 4.90 Å². The van der Waals surface area contributed by atoms with E-state index in [2.05, 4.69) is 28.5 Å². The predicted molar refractivity (Wildman–Crippen MR) is 81.7 cm³/mol. The van der Waals surface area contributed by atoms with Crippen molar-refractivity contribution in [3.05, 3.63) is 35.0 Å². The van der Waals surface area contributed by atoms with Gasteiger partial charge in [0.25, 0.3) is 0 Å². The SMILES string of the molecule is CCN(CC)c1ccc2nc(C(=O)OC)cc(Cl)c2c1. The van der Waals surface area contributed by atoms with Crippen LogP contribution in [0.1, 0.15) is 24.3 Å². The molecule has 0 aliphatic carbocycles. The molecule has 1 aromatic carbocycles. The fourth-order valence-electron chi connectivity index (χ4n) is 2.17. The van der Waals surface area contributed by atoms with E-state index in [0.717, 1.165) is 24.2 Å². The molecule has 0 saturated heterocycles. The minimum absolute atomic E-state index is 0.223.